The molecule has 3 aromatic heterocycles. The van der Waals surface area contributed by atoms with E-state index in [0.29, 0.717) is 16.9 Å². The monoisotopic (exact) mass is 341 g/mol. The smallest absolute Gasteiger partial charge is 0.257 e. The average molecular weight is 341 g/mol. The molecule has 7 heteroatoms. The summed E-state index contributed by atoms with van der Waals surface area (Å²) in [7, 11) is 0. The standard InChI is InChI=1S/C17H19N5OS/c1-10-14(15-18-8-5-9-22(15)21-10)16(23)19-11(2)17-20-12-6-3-4-7-13(12)24-17/h5,8-9,11H,3-4,6-7H2,1-2H3,(H,19,23)/t11-/m0/s1. The maximum absolute atomic E-state index is 12.7. The van der Waals surface area contributed by atoms with E-state index in [4.69, 9.17) is 4.98 Å². The minimum atomic E-state index is -0.151. The van der Waals surface area contributed by atoms with Crippen molar-refractivity contribution in [2.75, 3.05) is 0 Å². The first-order chi connectivity index (χ1) is 11.6. The Morgan fingerprint density at radius 2 is 2.21 bits per heavy atom. The molecule has 0 radical (unpaired) electrons. The number of hydrogen-bond acceptors (Lipinski definition) is 5. The number of aryl methyl sites for hydroxylation is 3. The van der Waals surface area contributed by atoms with Gasteiger partial charge in [0.2, 0.25) is 0 Å². The van der Waals surface area contributed by atoms with E-state index < -0.39 is 0 Å². The van der Waals surface area contributed by atoms with Gasteiger partial charge in [0, 0.05) is 17.3 Å². The molecule has 0 unspecified atom stereocenters. The van der Waals surface area contributed by atoms with Crippen LogP contribution in [0.5, 0.6) is 0 Å². The molecule has 1 aliphatic rings. The summed E-state index contributed by atoms with van der Waals surface area (Å²) in [5, 5.41) is 8.39. The van der Waals surface area contributed by atoms with E-state index in [2.05, 4.69) is 15.4 Å². The fraction of sp³-hybridized carbons (Fsp3) is 0.412. The van der Waals surface area contributed by atoms with Crippen LogP contribution in [0.3, 0.4) is 0 Å². The van der Waals surface area contributed by atoms with Crippen molar-refractivity contribution >= 4 is 22.9 Å². The van der Waals surface area contributed by atoms with Crippen molar-refractivity contribution < 1.29 is 4.79 Å². The number of carbonyl (C=O) groups excluding carboxylic acids is 1. The zero-order valence-electron chi connectivity index (χ0n) is 13.7. The summed E-state index contributed by atoms with van der Waals surface area (Å²) in [6, 6.07) is 1.68. The van der Waals surface area contributed by atoms with E-state index in [1.54, 1.807) is 34.3 Å². The molecule has 6 nitrogen and oxygen atoms in total. The van der Waals surface area contributed by atoms with Crippen LogP contribution in [0.2, 0.25) is 0 Å². The zero-order chi connectivity index (χ0) is 16.7. The number of amides is 1. The largest absolute Gasteiger partial charge is 0.343 e. The number of rotatable bonds is 3. The molecule has 0 aromatic carbocycles. The molecule has 0 aliphatic heterocycles. The summed E-state index contributed by atoms with van der Waals surface area (Å²) in [5.41, 5.74) is 3.01. The molecule has 1 aliphatic carbocycles. The van der Waals surface area contributed by atoms with Crippen molar-refractivity contribution in [3.8, 4) is 0 Å². The molecule has 1 atom stereocenters. The molecule has 0 bridgehead atoms. The minimum absolute atomic E-state index is 0.119. The van der Waals surface area contributed by atoms with Crippen LogP contribution in [-0.2, 0) is 12.8 Å². The van der Waals surface area contributed by atoms with E-state index in [9.17, 15) is 4.79 Å². The van der Waals surface area contributed by atoms with Crippen molar-refractivity contribution in [2.45, 2.75) is 45.6 Å². The number of carbonyl (C=O) groups is 1. The molecule has 124 valence electrons. The van der Waals surface area contributed by atoms with E-state index >= 15 is 0 Å². The first kappa shape index (κ1) is 15.3. The number of aromatic nitrogens is 4. The lowest BCUT2D eigenvalue weighted by molar-refractivity contribution is 0.0940. The summed E-state index contributed by atoms with van der Waals surface area (Å²) in [6.45, 7) is 3.81. The molecule has 1 amide bonds. The fourth-order valence-electron chi connectivity index (χ4n) is 3.15. The molecule has 0 spiro atoms. The minimum Gasteiger partial charge on any atom is -0.343 e. The zero-order valence-corrected chi connectivity index (χ0v) is 14.6. The Morgan fingerprint density at radius 3 is 3.04 bits per heavy atom. The van der Waals surface area contributed by atoms with Crippen LogP contribution in [0.15, 0.2) is 18.5 Å². The second-order valence-corrected chi connectivity index (χ2v) is 7.29. The number of fused-ring (bicyclic) bond motifs is 2. The van der Waals surface area contributed by atoms with E-state index in [-0.39, 0.29) is 11.9 Å². The van der Waals surface area contributed by atoms with Gasteiger partial charge in [-0.25, -0.2) is 14.5 Å². The molecule has 0 saturated carbocycles. The molecule has 3 aromatic rings. The predicted molar refractivity (Wildman–Crippen MR) is 92.4 cm³/mol. The van der Waals surface area contributed by atoms with Gasteiger partial charge < -0.3 is 5.32 Å². The Morgan fingerprint density at radius 1 is 1.38 bits per heavy atom. The van der Waals surface area contributed by atoms with Crippen molar-refractivity contribution in [3.05, 3.63) is 45.3 Å². The highest BCUT2D eigenvalue weighted by Gasteiger charge is 2.23. The van der Waals surface area contributed by atoms with Crippen LogP contribution in [0.25, 0.3) is 5.65 Å². The molecule has 0 fully saturated rings. The quantitative estimate of drug-likeness (QED) is 0.795. The number of nitrogens with zero attached hydrogens (tertiary/aromatic N) is 4. The number of hydrogen-bond donors (Lipinski definition) is 1. The summed E-state index contributed by atoms with van der Waals surface area (Å²) in [5.74, 6) is -0.151. The first-order valence-electron chi connectivity index (χ1n) is 8.23. The van der Waals surface area contributed by atoms with Crippen LogP contribution in [0, 0.1) is 6.92 Å². The van der Waals surface area contributed by atoms with E-state index in [0.717, 1.165) is 17.8 Å². The lowest BCUT2D eigenvalue weighted by atomic mass is 10.0. The van der Waals surface area contributed by atoms with Gasteiger partial charge >= 0.3 is 0 Å². The maximum Gasteiger partial charge on any atom is 0.257 e. The van der Waals surface area contributed by atoms with Gasteiger partial charge in [-0.2, -0.15) is 5.10 Å². The van der Waals surface area contributed by atoms with Gasteiger partial charge in [-0.3, -0.25) is 4.79 Å². The average Bonchev–Trinajstić information content (AvgIpc) is 3.14. The Kier molecular flexibility index (Phi) is 3.80. The Bertz CT molecular complexity index is 889. The van der Waals surface area contributed by atoms with Crippen molar-refractivity contribution in [3.63, 3.8) is 0 Å². The van der Waals surface area contributed by atoms with E-state index in [1.807, 2.05) is 13.8 Å². The Balaban J connectivity index is 1.59. The SMILES string of the molecule is Cc1nn2cccnc2c1C(=O)N[C@@H](C)c1nc2c(s1)CCCC2. The topological polar surface area (TPSA) is 72.2 Å². The van der Waals surface area contributed by atoms with Gasteiger partial charge in [-0.15, -0.1) is 11.3 Å². The third-order valence-electron chi connectivity index (χ3n) is 4.38. The van der Waals surface area contributed by atoms with Gasteiger partial charge in [0.1, 0.15) is 10.6 Å². The lowest BCUT2D eigenvalue weighted by Crippen LogP contribution is -2.27. The molecule has 4 rings (SSSR count). The molecule has 0 saturated heterocycles. The highest BCUT2D eigenvalue weighted by Crippen LogP contribution is 2.30. The van der Waals surface area contributed by atoms with Crippen LogP contribution in [0.1, 0.15) is 57.4 Å². The van der Waals surface area contributed by atoms with Crippen molar-refractivity contribution in [1.29, 1.82) is 0 Å². The van der Waals surface area contributed by atoms with Crippen molar-refractivity contribution in [1.82, 2.24) is 24.9 Å². The first-order valence-corrected chi connectivity index (χ1v) is 9.04. The lowest BCUT2D eigenvalue weighted by Gasteiger charge is -2.10. The van der Waals surface area contributed by atoms with Gasteiger partial charge in [0.25, 0.3) is 5.91 Å². The fourth-order valence-corrected chi connectivity index (χ4v) is 4.31. The maximum atomic E-state index is 12.7. The highest BCUT2D eigenvalue weighted by atomic mass is 32.1. The van der Waals surface area contributed by atoms with Gasteiger partial charge in [0.15, 0.2) is 5.65 Å². The van der Waals surface area contributed by atoms with Gasteiger partial charge in [0.05, 0.1) is 17.4 Å². The third kappa shape index (κ3) is 2.58. The van der Waals surface area contributed by atoms with Crippen LogP contribution in [0.4, 0.5) is 0 Å². The van der Waals surface area contributed by atoms with E-state index in [1.165, 1.54) is 23.4 Å². The molecular formula is C17H19N5OS. The van der Waals surface area contributed by atoms with Crippen LogP contribution in [-0.4, -0.2) is 25.5 Å². The molecule has 3 heterocycles. The Hall–Kier alpha value is -2.28. The normalized spacial score (nSPS) is 15.2. The number of thiazole rings is 1. The summed E-state index contributed by atoms with van der Waals surface area (Å²) < 4.78 is 1.64. The third-order valence-corrected chi connectivity index (χ3v) is 5.72. The molecule has 1 N–H and O–H groups in total. The van der Waals surface area contributed by atoms with Gasteiger partial charge in [-0.1, -0.05) is 0 Å². The highest BCUT2D eigenvalue weighted by molar-refractivity contribution is 7.11. The predicted octanol–water partition coefficient (Wildman–Crippen LogP) is 2.86. The second-order valence-electron chi connectivity index (χ2n) is 6.17. The van der Waals surface area contributed by atoms with Crippen molar-refractivity contribution in [2.24, 2.45) is 0 Å². The molecular weight excluding hydrogens is 322 g/mol. The summed E-state index contributed by atoms with van der Waals surface area (Å²) in [4.78, 5) is 23.1. The Labute approximate surface area is 143 Å². The summed E-state index contributed by atoms with van der Waals surface area (Å²) in [6.07, 6.45) is 8.09. The van der Waals surface area contributed by atoms with Crippen LogP contribution < -0.4 is 5.32 Å². The van der Waals surface area contributed by atoms with Crippen LogP contribution >= 0.6 is 11.3 Å². The van der Waals surface area contributed by atoms with Gasteiger partial charge in [-0.05, 0) is 45.6 Å². The molecule has 24 heavy (non-hydrogen) atoms. The second kappa shape index (κ2) is 5.98. The summed E-state index contributed by atoms with van der Waals surface area (Å²) >= 11 is 1.73. The number of nitrogens with one attached hydrogen (secondary N) is 1.